The fourth-order valence-corrected chi connectivity index (χ4v) is 4.05. The Kier molecular flexibility index (Phi) is 5.97. The van der Waals surface area contributed by atoms with Crippen LogP contribution in [0.2, 0.25) is 5.02 Å². The quantitative estimate of drug-likeness (QED) is 0.567. The highest BCUT2D eigenvalue weighted by atomic mass is 35.5. The first-order chi connectivity index (χ1) is 11.1. The highest BCUT2D eigenvalue weighted by Gasteiger charge is 2.42. The van der Waals surface area contributed by atoms with Gasteiger partial charge in [0.2, 0.25) is 0 Å². The third-order valence-corrected chi connectivity index (χ3v) is 5.71. The molecule has 1 atom stereocenters. The van der Waals surface area contributed by atoms with Gasteiger partial charge in [-0.3, -0.25) is 4.57 Å². The minimum absolute atomic E-state index is 0.215. The molecule has 0 bridgehead atoms. The van der Waals surface area contributed by atoms with Crippen LogP contribution in [-0.4, -0.2) is 31.6 Å². The summed E-state index contributed by atoms with van der Waals surface area (Å²) in [5.74, 6) is -1.11. The van der Waals surface area contributed by atoms with Gasteiger partial charge < -0.3 is 18.5 Å². The number of halogens is 1. The van der Waals surface area contributed by atoms with Crippen LogP contribution in [0.1, 0.15) is 26.3 Å². The molecular formula is C16H22ClO6P. The molecule has 1 fully saturated rings. The van der Waals surface area contributed by atoms with Crippen molar-refractivity contribution < 1.29 is 27.9 Å². The second kappa shape index (κ2) is 7.44. The molecule has 1 aliphatic heterocycles. The van der Waals surface area contributed by atoms with E-state index in [1.54, 1.807) is 18.2 Å². The molecule has 24 heavy (non-hydrogen) atoms. The van der Waals surface area contributed by atoms with Crippen LogP contribution in [-0.2, 0) is 23.1 Å². The lowest BCUT2D eigenvalue weighted by molar-refractivity contribution is -0.148. The zero-order valence-corrected chi connectivity index (χ0v) is 15.9. The molecule has 0 aromatic heterocycles. The molecule has 1 unspecified atom stereocenters. The van der Waals surface area contributed by atoms with Gasteiger partial charge in [0.05, 0.1) is 13.2 Å². The maximum Gasteiger partial charge on any atom is 0.370 e. The molecule has 0 radical (unpaired) electrons. The number of benzene rings is 1. The van der Waals surface area contributed by atoms with Crippen molar-refractivity contribution in [3.8, 4) is 5.75 Å². The van der Waals surface area contributed by atoms with Crippen LogP contribution in [0.15, 0.2) is 18.2 Å². The fourth-order valence-electron chi connectivity index (χ4n) is 2.02. The lowest BCUT2D eigenvalue weighted by Crippen LogP contribution is -2.33. The second-order valence-corrected chi connectivity index (χ2v) is 9.30. The third kappa shape index (κ3) is 4.96. The Morgan fingerprint density at radius 3 is 2.58 bits per heavy atom. The fraction of sp³-hybridized carbons (Fsp3) is 0.562. The van der Waals surface area contributed by atoms with Crippen molar-refractivity contribution in [1.29, 1.82) is 0 Å². The van der Waals surface area contributed by atoms with Crippen LogP contribution >= 0.6 is 19.2 Å². The standard InChI is InChI=1S/C16H22ClO6P/c1-11-7-13(17)5-6-14(11)20-8-15(18)23-12(2)24(19)21-9-16(3,4)10-22-24/h5-7,12H,8-10H2,1-4H3. The van der Waals surface area contributed by atoms with E-state index in [1.165, 1.54) is 6.92 Å². The minimum atomic E-state index is -3.47. The highest BCUT2D eigenvalue weighted by Crippen LogP contribution is 2.57. The first-order valence-electron chi connectivity index (χ1n) is 7.59. The van der Waals surface area contributed by atoms with Gasteiger partial charge in [-0.1, -0.05) is 25.4 Å². The van der Waals surface area contributed by atoms with Gasteiger partial charge in [0.1, 0.15) is 5.75 Å². The van der Waals surface area contributed by atoms with E-state index >= 15 is 0 Å². The van der Waals surface area contributed by atoms with Crippen LogP contribution in [0.25, 0.3) is 0 Å². The topological polar surface area (TPSA) is 71.1 Å². The van der Waals surface area contributed by atoms with Gasteiger partial charge in [0, 0.05) is 10.4 Å². The van der Waals surface area contributed by atoms with E-state index in [0.717, 1.165) is 5.56 Å². The summed E-state index contributed by atoms with van der Waals surface area (Å²) in [5, 5.41) is 0.587. The van der Waals surface area contributed by atoms with E-state index in [9.17, 15) is 9.36 Å². The molecule has 1 aliphatic rings. The molecule has 1 aromatic carbocycles. The number of ether oxygens (including phenoxy) is 2. The molecular weight excluding hydrogens is 355 g/mol. The normalized spacial score (nSPS) is 20.2. The Morgan fingerprint density at radius 1 is 1.38 bits per heavy atom. The maximum atomic E-state index is 12.5. The largest absolute Gasteiger partial charge is 0.482 e. The van der Waals surface area contributed by atoms with E-state index in [0.29, 0.717) is 10.8 Å². The number of carbonyl (C=O) groups excluding carboxylic acids is 1. The molecule has 0 amide bonds. The summed E-state index contributed by atoms with van der Waals surface area (Å²) in [6, 6.07) is 5.07. The number of aryl methyl sites for hydroxylation is 1. The molecule has 1 saturated heterocycles. The van der Waals surface area contributed by atoms with Gasteiger partial charge in [0.25, 0.3) is 0 Å². The van der Waals surface area contributed by atoms with E-state index in [4.69, 9.17) is 30.1 Å². The molecule has 8 heteroatoms. The summed E-state index contributed by atoms with van der Waals surface area (Å²) in [5.41, 5.74) is 0.588. The number of esters is 1. The SMILES string of the molecule is Cc1cc(Cl)ccc1OCC(=O)OC(C)P1(=O)OCC(C)(C)CO1. The van der Waals surface area contributed by atoms with Crippen LogP contribution in [0.4, 0.5) is 0 Å². The third-order valence-electron chi connectivity index (χ3n) is 3.50. The van der Waals surface area contributed by atoms with Crippen LogP contribution in [0, 0.1) is 12.3 Å². The van der Waals surface area contributed by atoms with Gasteiger partial charge in [0.15, 0.2) is 12.5 Å². The van der Waals surface area contributed by atoms with Crippen molar-refractivity contribution in [3.63, 3.8) is 0 Å². The minimum Gasteiger partial charge on any atom is -0.482 e. The Balaban J connectivity index is 1.86. The van der Waals surface area contributed by atoms with Gasteiger partial charge in [-0.15, -0.1) is 0 Å². The molecule has 6 nitrogen and oxygen atoms in total. The highest BCUT2D eigenvalue weighted by molar-refractivity contribution is 7.54. The van der Waals surface area contributed by atoms with Crippen molar-refractivity contribution in [2.24, 2.45) is 5.41 Å². The molecule has 1 aromatic rings. The van der Waals surface area contributed by atoms with Crippen LogP contribution in [0.3, 0.4) is 0 Å². The Labute approximate surface area is 146 Å². The summed E-state index contributed by atoms with van der Waals surface area (Å²) in [6.07, 6.45) is 0. The molecule has 134 valence electrons. The lowest BCUT2D eigenvalue weighted by Gasteiger charge is -2.35. The van der Waals surface area contributed by atoms with Crippen molar-refractivity contribution in [2.75, 3.05) is 19.8 Å². The second-order valence-electron chi connectivity index (χ2n) is 6.54. The summed E-state index contributed by atoms with van der Waals surface area (Å²) in [7, 11) is -3.47. The Hall–Kier alpha value is -1.07. The molecule has 0 N–H and O–H groups in total. The molecule has 0 aliphatic carbocycles. The van der Waals surface area contributed by atoms with Gasteiger partial charge in [-0.25, -0.2) is 4.79 Å². The van der Waals surface area contributed by atoms with Crippen molar-refractivity contribution in [2.45, 2.75) is 33.5 Å². The maximum absolute atomic E-state index is 12.5. The molecule has 2 rings (SSSR count). The summed E-state index contributed by atoms with van der Waals surface area (Å²) in [4.78, 5) is 11.9. The average molecular weight is 377 g/mol. The van der Waals surface area contributed by atoms with Crippen molar-refractivity contribution in [3.05, 3.63) is 28.8 Å². The van der Waals surface area contributed by atoms with Crippen LogP contribution < -0.4 is 4.74 Å². The van der Waals surface area contributed by atoms with Crippen molar-refractivity contribution >= 4 is 25.2 Å². The monoisotopic (exact) mass is 376 g/mol. The first-order valence-corrected chi connectivity index (χ1v) is 9.57. The Morgan fingerprint density at radius 2 is 2.00 bits per heavy atom. The number of hydrogen-bond donors (Lipinski definition) is 0. The lowest BCUT2D eigenvalue weighted by atomic mass is 9.97. The number of rotatable bonds is 5. The first kappa shape index (κ1) is 19.3. The average Bonchev–Trinajstić information content (AvgIpc) is 2.49. The molecule has 1 heterocycles. The predicted molar refractivity (Wildman–Crippen MR) is 90.5 cm³/mol. The van der Waals surface area contributed by atoms with Gasteiger partial charge >= 0.3 is 13.6 Å². The van der Waals surface area contributed by atoms with E-state index in [2.05, 4.69) is 0 Å². The molecule has 0 spiro atoms. The zero-order valence-electron chi connectivity index (χ0n) is 14.2. The summed E-state index contributed by atoms with van der Waals surface area (Å²) < 4.78 is 33.8. The summed E-state index contributed by atoms with van der Waals surface area (Å²) >= 11 is 5.86. The zero-order chi connectivity index (χ0) is 18.0. The number of carbonyl (C=O) groups is 1. The van der Waals surface area contributed by atoms with E-state index in [-0.39, 0.29) is 25.2 Å². The molecule has 0 saturated carbocycles. The van der Waals surface area contributed by atoms with E-state index in [1.807, 2.05) is 20.8 Å². The van der Waals surface area contributed by atoms with E-state index < -0.39 is 19.4 Å². The Bertz CT molecular complexity index is 646. The van der Waals surface area contributed by atoms with Crippen LogP contribution in [0.5, 0.6) is 5.75 Å². The smallest absolute Gasteiger partial charge is 0.370 e. The predicted octanol–water partition coefficient (Wildman–Crippen LogP) is 4.18. The summed E-state index contributed by atoms with van der Waals surface area (Å²) in [6.45, 7) is 7.45. The number of hydrogen-bond acceptors (Lipinski definition) is 6. The van der Waals surface area contributed by atoms with Gasteiger partial charge in [-0.2, -0.15) is 0 Å². The van der Waals surface area contributed by atoms with Gasteiger partial charge in [-0.05, 0) is 37.6 Å². The van der Waals surface area contributed by atoms with Crippen molar-refractivity contribution in [1.82, 2.24) is 0 Å².